The van der Waals surface area contributed by atoms with E-state index in [4.69, 9.17) is 4.42 Å². The number of amides is 1. The first-order valence-electron chi connectivity index (χ1n) is 9.14. The Labute approximate surface area is 175 Å². The van der Waals surface area contributed by atoms with Gasteiger partial charge in [0.1, 0.15) is 0 Å². The van der Waals surface area contributed by atoms with E-state index in [1.807, 2.05) is 60.0 Å². The van der Waals surface area contributed by atoms with Gasteiger partial charge in [-0.15, -0.1) is 16.4 Å². The maximum atomic E-state index is 12.8. The molecule has 0 saturated heterocycles. The topological polar surface area (TPSA) is 85.8 Å². The number of benzene rings is 2. The van der Waals surface area contributed by atoms with Gasteiger partial charge >= 0.3 is 0 Å². The molecule has 3 heterocycles. The van der Waals surface area contributed by atoms with Gasteiger partial charge in [-0.1, -0.05) is 24.3 Å². The lowest BCUT2D eigenvalue weighted by Gasteiger charge is -2.04. The van der Waals surface area contributed by atoms with Crippen molar-refractivity contribution in [2.24, 2.45) is 0 Å². The molecule has 1 amide bonds. The Hall–Kier alpha value is -4.04. The Morgan fingerprint density at radius 3 is 2.53 bits per heavy atom. The summed E-state index contributed by atoms with van der Waals surface area (Å²) in [5.41, 5.74) is 2.35. The molecule has 5 aromatic rings. The average Bonchev–Trinajstić information content (AvgIpc) is 3.56. The Morgan fingerprint density at radius 2 is 1.83 bits per heavy atom. The number of nitrogens with zero attached hydrogens (tertiary/aromatic N) is 4. The van der Waals surface area contributed by atoms with Crippen LogP contribution in [-0.2, 0) is 0 Å². The molecule has 0 spiro atoms. The summed E-state index contributed by atoms with van der Waals surface area (Å²) in [5, 5.41) is 9.28. The van der Waals surface area contributed by atoms with E-state index in [2.05, 4.69) is 20.4 Å². The number of thiophene rings is 1. The molecule has 0 fully saturated rings. The second kappa shape index (κ2) is 7.76. The second-order valence-corrected chi connectivity index (χ2v) is 7.33. The zero-order valence-electron chi connectivity index (χ0n) is 15.6. The molecular weight excluding hydrogens is 398 g/mol. The zero-order valence-corrected chi connectivity index (χ0v) is 16.4. The normalized spacial score (nSPS) is 10.8. The van der Waals surface area contributed by atoms with E-state index in [0.717, 1.165) is 16.1 Å². The summed E-state index contributed by atoms with van der Waals surface area (Å²) in [6.45, 7) is 0. The van der Waals surface area contributed by atoms with Crippen LogP contribution in [0.4, 0.5) is 5.69 Å². The van der Waals surface area contributed by atoms with E-state index in [9.17, 15) is 4.79 Å². The molecule has 0 bridgehead atoms. The molecule has 146 valence electrons. The summed E-state index contributed by atoms with van der Waals surface area (Å²) < 4.78 is 6.97. The summed E-state index contributed by atoms with van der Waals surface area (Å²) in [4.78, 5) is 22.2. The van der Waals surface area contributed by atoms with Crippen LogP contribution in [0.1, 0.15) is 10.6 Å². The molecule has 5 rings (SSSR count). The number of para-hydroxylation sites is 1. The highest BCUT2D eigenvalue weighted by molar-refractivity contribution is 7.13. The minimum absolute atomic E-state index is 0.0987. The van der Waals surface area contributed by atoms with Gasteiger partial charge in [-0.25, -0.2) is 14.6 Å². The second-order valence-electron chi connectivity index (χ2n) is 6.38. The van der Waals surface area contributed by atoms with Crippen molar-refractivity contribution in [2.45, 2.75) is 0 Å². The van der Waals surface area contributed by atoms with Gasteiger partial charge in [0.2, 0.25) is 5.82 Å². The van der Waals surface area contributed by atoms with Crippen LogP contribution in [0.5, 0.6) is 0 Å². The lowest BCUT2D eigenvalue weighted by molar-refractivity contribution is 0.101. The van der Waals surface area contributed by atoms with Crippen LogP contribution in [0.2, 0.25) is 0 Å². The highest BCUT2D eigenvalue weighted by atomic mass is 32.1. The predicted molar refractivity (Wildman–Crippen MR) is 115 cm³/mol. The smallest absolute Gasteiger partial charge is 0.295 e. The summed E-state index contributed by atoms with van der Waals surface area (Å²) in [6, 6.07) is 20.8. The van der Waals surface area contributed by atoms with Crippen LogP contribution in [0.15, 0.2) is 89.1 Å². The van der Waals surface area contributed by atoms with Gasteiger partial charge in [0.05, 0.1) is 16.8 Å². The first-order chi connectivity index (χ1) is 14.8. The van der Waals surface area contributed by atoms with Crippen molar-refractivity contribution in [1.82, 2.24) is 19.7 Å². The fourth-order valence-electron chi connectivity index (χ4n) is 2.99. The maximum Gasteiger partial charge on any atom is 0.295 e. The number of aromatic nitrogens is 4. The van der Waals surface area contributed by atoms with E-state index in [0.29, 0.717) is 17.3 Å². The average molecular weight is 413 g/mol. The number of hydrogen-bond acceptors (Lipinski definition) is 6. The number of carbonyl (C=O) groups is 1. The predicted octanol–water partition coefficient (Wildman–Crippen LogP) is 4.90. The largest absolute Gasteiger partial charge is 0.444 e. The number of hydrogen-bond donors (Lipinski definition) is 1. The Kier molecular flexibility index (Phi) is 4.66. The SMILES string of the molecule is O=C(Nc1ccc(-c2cnco2)cc1)c1nc(-c2cccs2)n(-c2ccccc2)n1. The molecule has 0 atom stereocenters. The lowest BCUT2D eigenvalue weighted by atomic mass is 10.1. The number of rotatable bonds is 5. The van der Waals surface area contributed by atoms with Gasteiger partial charge < -0.3 is 9.73 Å². The third-order valence-electron chi connectivity index (χ3n) is 4.41. The molecule has 7 nitrogen and oxygen atoms in total. The molecule has 1 N–H and O–H groups in total. The van der Waals surface area contributed by atoms with Crippen molar-refractivity contribution in [3.05, 3.63) is 90.5 Å². The lowest BCUT2D eigenvalue weighted by Crippen LogP contribution is -2.14. The minimum atomic E-state index is -0.380. The third kappa shape index (κ3) is 3.51. The third-order valence-corrected chi connectivity index (χ3v) is 5.28. The summed E-state index contributed by atoms with van der Waals surface area (Å²) >= 11 is 1.55. The fraction of sp³-hybridized carbons (Fsp3) is 0. The van der Waals surface area contributed by atoms with Gasteiger partial charge in [0.15, 0.2) is 18.0 Å². The van der Waals surface area contributed by atoms with Crippen LogP contribution in [0.25, 0.3) is 27.7 Å². The quantitative estimate of drug-likeness (QED) is 0.443. The molecule has 0 radical (unpaired) electrons. The molecule has 0 unspecified atom stereocenters. The first-order valence-corrected chi connectivity index (χ1v) is 10.0. The zero-order chi connectivity index (χ0) is 20.3. The fourth-order valence-corrected chi connectivity index (χ4v) is 3.68. The summed E-state index contributed by atoms with van der Waals surface area (Å²) in [7, 11) is 0. The summed E-state index contributed by atoms with van der Waals surface area (Å²) in [5.74, 6) is 1.01. The standard InChI is InChI=1S/C22H15N5O2S/c28-22(24-16-10-8-15(9-11-16)18-13-23-14-29-18)20-25-21(19-7-4-12-30-19)27(26-20)17-5-2-1-3-6-17/h1-14H,(H,24,28). The van der Waals surface area contributed by atoms with Gasteiger partial charge in [-0.05, 0) is 47.8 Å². The van der Waals surface area contributed by atoms with Crippen molar-refractivity contribution in [3.8, 4) is 27.7 Å². The number of nitrogens with one attached hydrogen (secondary N) is 1. The van der Waals surface area contributed by atoms with Crippen molar-refractivity contribution in [1.29, 1.82) is 0 Å². The van der Waals surface area contributed by atoms with E-state index in [1.165, 1.54) is 6.39 Å². The molecule has 3 aromatic heterocycles. The minimum Gasteiger partial charge on any atom is -0.444 e. The number of oxazole rings is 1. The van der Waals surface area contributed by atoms with Crippen molar-refractivity contribution in [2.75, 3.05) is 5.32 Å². The molecule has 0 aliphatic rings. The molecule has 30 heavy (non-hydrogen) atoms. The van der Waals surface area contributed by atoms with Gasteiger partial charge in [-0.2, -0.15) is 0 Å². The van der Waals surface area contributed by atoms with Crippen molar-refractivity contribution in [3.63, 3.8) is 0 Å². The van der Waals surface area contributed by atoms with Crippen LogP contribution in [-0.4, -0.2) is 25.7 Å². The Bertz CT molecular complexity index is 1260. The summed E-state index contributed by atoms with van der Waals surface area (Å²) in [6.07, 6.45) is 3.02. The first kappa shape index (κ1) is 18.0. The van der Waals surface area contributed by atoms with Crippen LogP contribution in [0.3, 0.4) is 0 Å². The molecular formula is C22H15N5O2S. The van der Waals surface area contributed by atoms with Crippen LogP contribution in [0, 0.1) is 0 Å². The highest BCUT2D eigenvalue weighted by Gasteiger charge is 2.19. The van der Waals surface area contributed by atoms with Gasteiger partial charge in [0, 0.05) is 11.3 Å². The number of carbonyl (C=O) groups excluding carboxylic acids is 1. The molecule has 0 aliphatic heterocycles. The monoisotopic (exact) mass is 413 g/mol. The van der Waals surface area contributed by atoms with E-state index in [1.54, 1.807) is 34.3 Å². The molecule has 8 heteroatoms. The van der Waals surface area contributed by atoms with E-state index in [-0.39, 0.29) is 11.7 Å². The van der Waals surface area contributed by atoms with Gasteiger partial charge in [0.25, 0.3) is 5.91 Å². The van der Waals surface area contributed by atoms with E-state index >= 15 is 0 Å². The van der Waals surface area contributed by atoms with Crippen LogP contribution >= 0.6 is 11.3 Å². The van der Waals surface area contributed by atoms with Crippen molar-refractivity contribution < 1.29 is 9.21 Å². The Morgan fingerprint density at radius 1 is 1.00 bits per heavy atom. The maximum absolute atomic E-state index is 12.8. The molecule has 2 aromatic carbocycles. The molecule has 0 saturated carbocycles. The van der Waals surface area contributed by atoms with E-state index < -0.39 is 0 Å². The Balaban J connectivity index is 1.43. The highest BCUT2D eigenvalue weighted by Crippen LogP contribution is 2.26. The molecule has 0 aliphatic carbocycles. The van der Waals surface area contributed by atoms with Crippen molar-refractivity contribution >= 4 is 22.9 Å². The number of anilines is 1. The van der Waals surface area contributed by atoms with Gasteiger partial charge in [-0.3, -0.25) is 4.79 Å². The van der Waals surface area contributed by atoms with Crippen LogP contribution < -0.4 is 5.32 Å².